The standard InChI is InChI=1S/C26H33N3O3/c1-20(30)27-22-11-9-21(10-12-22)19-28-17-13-23(14-18-28)32-25-8-4-3-7-24(25)26(31)29-15-5-2-6-16-29/h3-4,7-12,23H,2,5-6,13-19H2,1H3,(H,27,30). The molecule has 2 aliphatic heterocycles. The topological polar surface area (TPSA) is 61.9 Å². The number of nitrogens with zero attached hydrogens (tertiary/aromatic N) is 2. The summed E-state index contributed by atoms with van der Waals surface area (Å²) in [5.74, 6) is 0.759. The Balaban J connectivity index is 1.30. The van der Waals surface area contributed by atoms with E-state index in [1.54, 1.807) is 0 Å². The number of piperidine rings is 2. The Morgan fingerprint density at radius 1 is 0.938 bits per heavy atom. The molecule has 2 aliphatic rings. The molecule has 2 fully saturated rings. The molecule has 2 saturated heterocycles. The number of hydrogen-bond donors (Lipinski definition) is 1. The summed E-state index contributed by atoms with van der Waals surface area (Å²) in [6.07, 6.45) is 5.39. The highest BCUT2D eigenvalue weighted by Gasteiger charge is 2.25. The van der Waals surface area contributed by atoms with E-state index in [0.717, 1.165) is 69.8 Å². The van der Waals surface area contributed by atoms with Gasteiger partial charge in [-0.05, 0) is 61.9 Å². The van der Waals surface area contributed by atoms with Crippen molar-refractivity contribution in [2.75, 3.05) is 31.5 Å². The molecular weight excluding hydrogens is 402 g/mol. The monoisotopic (exact) mass is 435 g/mol. The van der Waals surface area contributed by atoms with Gasteiger partial charge in [-0.1, -0.05) is 24.3 Å². The Morgan fingerprint density at radius 2 is 1.62 bits per heavy atom. The van der Waals surface area contributed by atoms with Crippen LogP contribution in [0.5, 0.6) is 5.75 Å². The Bertz CT molecular complexity index is 914. The number of likely N-dealkylation sites (tertiary alicyclic amines) is 2. The summed E-state index contributed by atoms with van der Waals surface area (Å²) < 4.78 is 6.34. The summed E-state index contributed by atoms with van der Waals surface area (Å²) in [6.45, 7) is 6.01. The van der Waals surface area contributed by atoms with E-state index in [2.05, 4.69) is 22.3 Å². The zero-order valence-corrected chi connectivity index (χ0v) is 18.9. The number of nitrogens with one attached hydrogen (secondary N) is 1. The molecule has 2 heterocycles. The normalized spacial score (nSPS) is 17.7. The molecule has 1 N–H and O–H groups in total. The second-order valence-corrected chi connectivity index (χ2v) is 8.82. The van der Waals surface area contributed by atoms with E-state index >= 15 is 0 Å². The van der Waals surface area contributed by atoms with E-state index in [-0.39, 0.29) is 17.9 Å². The van der Waals surface area contributed by atoms with Crippen molar-refractivity contribution in [1.82, 2.24) is 9.80 Å². The van der Waals surface area contributed by atoms with Crippen LogP contribution < -0.4 is 10.1 Å². The maximum atomic E-state index is 13.0. The van der Waals surface area contributed by atoms with Gasteiger partial charge in [-0.15, -0.1) is 0 Å². The lowest BCUT2D eigenvalue weighted by atomic mass is 10.1. The average molecular weight is 436 g/mol. The maximum Gasteiger partial charge on any atom is 0.257 e. The number of para-hydroxylation sites is 1. The molecular formula is C26H33N3O3. The molecule has 4 rings (SSSR count). The minimum absolute atomic E-state index is 0.0565. The van der Waals surface area contributed by atoms with Gasteiger partial charge in [0.2, 0.25) is 5.91 Å². The van der Waals surface area contributed by atoms with Crippen LogP contribution in [0.4, 0.5) is 5.69 Å². The average Bonchev–Trinajstić information content (AvgIpc) is 2.82. The van der Waals surface area contributed by atoms with Gasteiger partial charge in [0.15, 0.2) is 0 Å². The highest BCUT2D eigenvalue weighted by Crippen LogP contribution is 2.26. The van der Waals surface area contributed by atoms with Crippen molar-refractivity contribution in [3.05, 3.63) is 59.7 Å². The van der Waals surface area contributed by atoms with Crippen LogP contribution >= 0.6 is 0 Å². The lowest BCUT2D eigenvalue weighted by molar-refractivity contribution is -0.114. The second-order valence-electron chi connectivity index (χ2n) is 8.82. The first-order valence-corrected chi connectivity index (χ1v) is 11.7. The van der Waals surface area contributed by atoms with Gasteiger partial charge in [-0.25, -0.2) is 0 Å². The zero-order chi connectivity index (χ0) is 22.3. The van der Waals surface area contributed by atoms with E-state index in [1.165, 1.54) is 18.9 Å². The van der Waals surface area contributed by atoms with Crippen molar-refractivity contribution in [3.63, 3.8) is 0 Å². The first-order valence-electron chi connectivity index (χ1n) is 11.7. The molecule has 0 radical (unpaired) electrons. The van der Waals surface area contributed by atoms with Gasteiger partial charge in [0, 0.05) is 45.3 Å². The smallest absolute Gasteiger partial charge is 0.257 e. The number of benzene rings is 2. The number of ether oxygens (including phenoxy) is 1. The summed E-state index contributed by atoms with van der Waals surface area (Å²) in [7, 11) is 0. The highest BCUT2D eigenvalue weighted by molar-refractivity contribution is 5.97. The van der Waals surface area contributed by atoms with Crippen molar-refractivity contribution in [2.24, 2.45) is 0 Å². The quantitative estimate of drug-likeness (QED) is 0.734. The molecule has 32 heavy (non-hydrogen) atoms. The van der Waals surface area contributed by atoms with Crippen LogP contribution in [0.15, 0.2) is 48.5 Å². The summed E-state index contributed by atoms with van der Waals surface area (Å²) >= 11 is 0. The van der Waals surface area contributed by atoms with Crippen LogP contribution in [0, 0.1) is 0 Å². The summed E-state index contributed by atoms with van der Waals surface area (Å²) in [5, 5.41) is 2.80. The Hall–Kier alpha value is -2.86. The third-order valence-electron chi connectivity index (χ3n) is 6.27. The van der Waals surface area contributed by atoms with E-state index in [1.807, 2.05) is 41.3 Å². The van der Waals surface area contributed by atoms with E-state index in [9.17, 15) is 9.59 Å². The lowest BCUT2D eigenvalue weighted by Gasteiger charge is -2.33. The first-order chi connectivity index (χ1) is 15.6. The fourth-order valence-electron chi connectivity index (χ4n) is 4.53. The third kappa shape index (κ3) is 5.88. The predicted molar refractivity (Wildman–Crippen MR) is 126 cm³/mol. The van der Waals surface area contributed by atoms with E-state index in [0.29, 0.717) is 5.56 Å². The zero-order valence-electron chi connectivity index (χ0n) is 18.9. The van der Waals surface area contributed by atoms with E-state index in [4.69, 9.17) is 4.74 Å². The molecule has 0 bridgehead atoms. The van der Waals surface area contributed by atoms with Crippen LogP contribution in [0.1, 0.15) is 54.9 Å². The Kier molecular flexibility index (Phi) is 7.43. The Morgan fingerprint density at radius 3 is 2.31 bits per heavy atom. The van der Waals surface area contributed by atoms with Gasteiger partial charge >= 0.3 is 0 Å². The number of hydrogen-bond acceptors (Lipinski definition) is 4. The third-order valence-corrected chi connectivity index (χ3v) is 6.27. The molecule has 0 aromatic heterocycles. The number of amides is 2. The molecule has 2 amide bonds. The van der Waals surface area contributed by atoms with Gasteiger partial charge in [0.05, 0.1) is 5.56 Å². The second kappa shape index (κ2) is 10.6. The van der Waals surface area contributed by atoms with Crippen molar-refractivity contribution >= 4 is 17.5 Å². The molecule has 0 aliphatic carbocycles. The fourth-order valence-corrected chi connectivity index (χ4v) is 4.53. The molecule has 2 aromatic rings. The molecule has 170 valence electrons. The van der Waals surface area contributed by atoms with Crippen molar-refractivity contribution in [2.45, 2.75) is 51.7 Å². The van der Waals surface area contributed by atoms with Gasteiger partial charge in [-0.2, -0.15) is 0 Å². The SMILES string of the molecule is CC(=O)Nc1ccc(CN2CCC(Oc3ccccc3C(=O)N3CCCCC3)CC2)cc1. The van der Waals surface area contributed by atoms with Crippen molar-refractivity contribution < 1.29 is 14.3 Å². The number of anilines is 1. The molecule has 0 saturated carbocycles. The molecule has 6 heteroatoms. The number of rotatable bonds is 6. The Labute approximate surface area is 190 Å². The molecule has 0 spiro atoms. The van der Waals surface area contributed by atoms with Crippen molar-refractivity contribution in [1.29, 1.82) is 0 Å². The lowest BCUT2D eigenvalue weighted by Crippen LogP contribution is -2.38. The molecule has 2 aromatic carbocycles. The fraction of sp³-hybridized carbons (Fsp3) is 0.462. The predicted octanol–water partition coefficient (Wildman–Crippen LogP) is 4.31. The number of carbonyl (C=O) groups is 2. The summed E-state index contributed by atoms with van der Waals surface area (Å²) in [6, 6.07) is 15.7. The van der Waals surface area contributed by atoms with Crippen LogP contribution in [-0.2, 0) is 11.3 Å². The minimum Gasteiger partial charge on any atom is -0.489 e. The molecule has 6 nitrogen and oxygen atoms in total. The van der Waals surface area contributed by atoms with Crippen LogP contribution in [0.3, 0.4) is 0 Å². The highest BCUT2D eigenvalue weighted by atomic mass is 16.5. The van der Waals surface area contributed by atoms with Crippen LogP contribution in [0.25, 0.3) is 0 Å². The van der Waals surface area contributed by atoms with Crippen LogP contribution in [0.2, 0.25) is 0 Å². The van der Waals surface area contributed by atoms with E-state index < -0.39 is 0 Å². The minimum atomic E-state index is -0.0565. The van der Waals surface area contributed by atoms with Gasteiger partial charge < -0.3 is 15.0 Å². The maximum absolute atomic E-state index is 13.0. The first kappa shape index (κ1) is 22.3. The number of carbonyl (C=O) groups excluding carboxylic acids is 2. The van der Waals surface area contributed by atoms with Gasteiger partial charge in [-0.3, -0.25) is 14.5 Å². The molecule has 0 unspecified atom stereocenters. The largest absolute Gasteiger partial charge is 0.489 e. The van der Waals surface area contributed by atoms with Gasteiger partial charge in [0.1, 0.15) is 11.9 Å². The van der Waals surface area contributed by atoms with Crippen LogP contribution in [-0.4, -0.2) is 53.9 Å². The van der Waals surface area contributed by atoms with Crippen molar-refractivity contribution in [3.8, 4) is 5.75 Å². The summed E-state index contributed by atoms with van der Waals surface area (Å²) in [4.78, 5) is 28.6. The molecule has 0 atom stereocenters. The summed E-state index contributed by atoms with van der Waals surface area (Å²) in [5.41, 5.74) is 2.75. The van der Waals surface area contributed by atoms with Gasteiger partial charge in [0.25, 0.3) is 5.91 Å².